The van der Waals surface area contributed by atoms with Gasteiger partial charge in [0.2, 0.25) is 0 Å². The van der Waals surface area contributed by atoms with E-state index in [1.807, 2.05) is 68.4 Å². The summed E-state index contributed by atoms with van der Waals surface area (Å²) in [7, 11) is 0. The van der Waals surface area contributed by atoms with Gasteiger partial charge in [0, 0.05) is 14.9 Å². The fourth-order valence-electron chi connectivity index (χ4n) is 2.81. The number of nitrogens with one attached hydrogen (secondary N) is 1. The Morgan fingerprint density at radius 1 is 1.03 bits per heavy atom. The van der Waals surface area contributed by atoms with Crippen molar-refractivity contribution in [3.63, 3.8) is 0 Å². The molecule has 8 heteroatoms. The summed E-state index contributed by atoms with van der Waals surface area (Å²) in [5.74, 6) is 1.02. The molecule has 1 N–H and O–H groups in total. The van der Waals surface area contributed by atoms with Gasteiger partial charge >= 0.3 is 0 Å². The summed E-state index contributed by atoms with van der Waals surface area (Å²) in [6, 6.07) is 20.3. The minimum atomic E-state index is -0.315. The van der Waals surface area contributed by atoms with Crippen LogP contribution in [0.3, 0.4) is 0 Å². The van der Waals surface area contributed by atoms with Crippen LogP contribution in [-0.4, -0.2) is 24.0 Å². The van der Waals surface area contributed by atoms with Crippen molar-refractivity contribution in [2.45, 2.75) is 30.6 Å². The van der Waals surface area contributed by atoms with Gasteiger partial charge in [0.05, 0.1) is 18.1 Å². The highest BCUT2D eigenvalue weighted by Gasteiger charge is 2.13. The van der Waals surface area contributed by atoms with E-state index in [9.17, 15) is 4.79 Å². The molecule has 3 rings (SSSR count). The zero-order valence-electron chi connectivity index (χ0n) is 18.3. The number of hydrogen-bond acceptors (Lipinski definition) is 5. The van der Waals surface area contributed by atoms with Crippen molar-refractivity contribution < 1.29 is 14.3 Å². The van der Waals surface area contributed by atoms with E-state index in [1.54, 1.807) is 18.3 Å². The number of carbonyl (C=O) groups excluding carboxylic acids is 1. The first kappa shape index (κ1) is 25.0. The Balaban J connectivity index is 1.58. The number of hydrazone groups is 1. The monoisotopic (exact) mass is 502 g/mol. The lowest BCUT2D eigenvalue weighted by Crippen LogP contribution is -2.26. The standard InChI is InChI=1S/C25H24Cl2N2O3S/c1-3-31-24-14-18(7-12-23(24)32-16-19-5-4-6-21(27)13-19)15-28-29-25(30)17(2)33-22-10-8-20(26)9-11-22/h4-15,17H,3,16H2,1-2H3,(H,29,30)/b28-15-/t17-/m0/s1. The molecular formula is C25H24Cl2N2O3S. The van der Waals surface area contributed by atoms with Crippen molar-refractivity contribution in [3.05, 3.63) is 87.9 Å². The van der Waals surface area contributed by atoms with Crippen LogP contribution in [0, 0.1) is 0 Å². The molecule has 3 aromatic rings. The van der Waals surface area contributed by atoms with E-state index in [4.69, 9.17) is 32.7 Å². The SMILES string of the molecule is CCOc1cc(/C=N\NC(=O)[C@H](C)Sc2ccc(Cl)cc2)ccc1OCc1cccc(Cl)c1. The summed E-state index contributed by atoms with van der Waals surface area (Å²) in [4.78, 5) is 13.3. The molecule has 0 saturated carbocycles. The zero-order valence-corrected chi connectivity index (χ0v) is 20.6. The molecule has 0 aliphatic rings. The maximum Gasteiger partial charge on any atom is 0.253 e. The molecule has 3 aromatic carbocycles. The Kier molecular flexibility index (Phi) is 9.48. The van der Waals surface area contributed by atoms with E-state index < -0.39 is 0 Å². The van der Waals surface area contributed by atoms with Gasteiger partial charge in [-0.05, 0) is 79.6 Å². The Labute approximate surface area is 208 Å². The minimum Gasteiger partial charge on any atom is -0.490 e. The fraction of sp³-hybridized carbons (Fsp3) is 0.200. The number of rotatable bonds is 10. The lowest BCUT2D eigenvalue weighted by molar-refractivity contribution is -0.120. The third-order valence-corrected chi connectivity index (χ3v) is 6.03. The van der Waals surface area contributed by atoms with Crippen LogP contribution < -0.4 is 14.9 Å². The number of amides is 1. The number of benzene rings is 3. The van der Waals surface area contributed by atoms with E-state index in [-0.39, 0.29) is 11.2 Å². The topological polar surface area (TPSA) is 59.9 Å². The van der Waals surface area contributed by atoms with Crippen LogP contribution >= 0.6 is 35.0 Å². The van der Waals surface area contributed by atoms with Crippen LogP contribution in [0.15, 0.2) is 76.7 Å². The van der Waals surface area contributed by atoms with E-state index >= 15 is 0 Å². The third kappa shape index (κ3) is 8.00. The van der Waals surface area contributed by atoms with Gasteiger partial charge in [0.25, 0.3) is 5.91 Å². The van der Waals surface area contributed by atoms with Crippen LogP contribution in [-0.2, 0) is 11.4 Å². The van der Waals surface area contributed by atoms with Gasteiger partial charge in [-0.25, -0.2) is 5.43 Å². The molecule has 0 aromatic heterocycles. The number of nitrogens with zero attached hydrogens (tertiary/aromatic N) is 1. The van der Waals surface area contributed by atoms with Gasteiger partial charge in [0.15, 0.2) is 11.5 Å². The van der Waals surface area contributed by atoms with Gasteiger partial charge in [0.1, 0.15) is 6.61 Å². The first-order valence-electron chi connectivity index (χ1n) is 10.3. The molecule has 0 radical (unpaired) electrons. The quantitative estimate of drug-likeness (QED) is 0.192. The molecular weight excluding hydrogens is 479 g/mol. The summed E-state index contributed by atoms with van der Waals surface area (Å²) in [6.45, 7) is 4.59. The highest BCUT2D eigenvalue weighted by molar-refractivity contribution is 8.00. The number of carbonyl (C=O) groups is 1. The van der Waals surface area contributed by atoms with Crippen LogP contribution in [0.4, 0.5) is 0 Å². The first-order valence-corrected chi connectivity index (χ1v) is 12.0. The summed E-state index contributed by atoms with van der Waals surface area (Å²) < 4.78 is 11.6. The van der Waals surface area contributed by atoms with Crippen molar-refractivity contribution >= 4 is 47.1 Å². The molecule has 0 unspecified atom stereocenters. The van der Waals surface area contributed by atoms with Crippen molar-refractivity contribution in [2.24, 2.45) is 5.10 Å². The minimum absolute atomic E-state index is 0.197. The van der Waals surface area contributed by atoms with Crippen molar-refractivity contribution in [2.75, 3.05) is 6.61 Å². The number of thioether (sulfide) groups is 1. The maximum absolute atomic E-state index is 12.3. The molecule has 0 spiro atoms. The first-order chi connectivity index (χ1) is 15.9. The van der Waals surface area contributed by atoms with Gasteiger partial charge in [-0.15, -0.1) is 11.8 Å². The molecule has 0 aliphatic carbocycles. The number of halogens is 2. The highest BCUT2D eigenvalue weighted by atomic mass is 35.5. The molecule has 0 bridgehead atoms. The Bertz CT molecular complexity index is 1110. The van der Waals surface area contributed by atoms with E-state index in [2.05, 4.69) is 10.5 Å². The molecule has 0 saturated heterocycles. The Hall–Kier alpha value is -2.67. The molecule has 1 atom stereocenters. The summed E-state index contributed by atoms with van der Waals surface area (Å²) in [5, 5.41) is 5.09. The van der Waals surface area contributed by atoms with Gasteiger partial charge in [-0.3, -0.25) is 4.79 Å². The summed E-state index contributed by atoms with van der Waals surface area (Å²) in [5.41, 5.74) is 4.31. The van der Waals surface area contributed by atoms with E-state index in [0.717, 1.165) is 16.0 Å². The molecule has 33 heavy (non-hydrogen) atoms. The van der Waals surface area contributed by atoms with Crippen LogP contribution in [0.25, 0.3) is 0 Å². The third-order valence-electron chi connectivity index (χ3n) is 4.44. The smallest absolute Gasteiger partial charge is 0.253 e. The number of ether oxygens (including phenoxy) is 2. The average Bonchev–Trinajstić information content (AvgIpc) is 2.80. The van der Waals surface area contributed by atoms with Crippen molar-refractivity contribution in [3.8, 4) is 11.5 Å². The maximum atomic E-state index is 12.3. The van der Waals surface area contributed by atoms with Gasteiger partial charge in [-0.1, -0.05) is 35.3 Å². The summed E-state index contributed by atoms with van der Waals surface area (Å²) in [6.07, 6.45) is 1.57. The molecule has 172 valence electrons. The second-order valence-corrected chi connectivity index (χ2v) is 9.29. The Morgan fingerprint density at radius 2 is 1.82 bits per heavy atom. The van der Waals surface area contributed by atoms with Crippen molar-refractivity contribution in [1.82, 2.24) is 5.43 Å². The van der Waals surface area contributed by atoms with Crippen LogP contribution in [0.5, 0.6) is 11.5 Å². The van der Waals surface area contributed by atoms with Crippen molar-refractivity contribution in [1.29, 1.82) is 0 Å². The van der Waals surface area contributed by atoms with Crippen LogP contribution in [0.2, 0.25) is 10.0 Å². The van der Waals surface area contributed by atoms with E-state index in [0.29, 0.717) is 34.8 Å². The molecule has 0 heterocycles. The molecule has 0 aliphatic heterocycles. The zero-order chi connectivity index (χ0) is 23.6. The molecule has 5 nitrogen and oxygen atoms in total. The normalized spacial score (nSPS) is 11.9. The largest absolute Gasteiger partial charge is 0.490 e. The molecule has 1 amide bonds. The second kappa shape index (κ2) is 12.5. The predicted molar refractivity (Wildman–Crippen MR) is 136 cm³/mol. The second-order valence-electron chi connectivity index (χ2n) is 7.01. The van der Waals surface area contributed by atoms with Gasteiger partial charge < -0.3 is 9.47 Å². The highest BCUT2D eigenvalue weighted by Crippen LogP contribution is 2.29. The lowest BCUT2D eigenvalue weighted by Gasteiger charge is -2.13. The number of hydrogen-bond donors (Lipinski definition) is 1. The average molecular weight is 503 g/mol. The van der Waals surface area contributed by atoms with E-state index in [1.165, 1.54) is 11.8 Å². The van der Waals surface area contributed by atoms with Crippen LogP contribution in [0.1, 0.15) is 25.0 Å². The Morgan fingerprint density at radius 3 is 2.55 bits per heavy atom. The lowest BCUT2D eigenvalue weighted by atomic mass is 10.2. The summed E-state index contributed by atoms with van der Waals surface area (Å²) >= 11 is 13.4. The molecule has 0 fully saturated rings. The predicted octanol–water partition coefficient (Wildman–Crippen LogP) is 6.60. The fourth-order valence-corrected chi connectivity index (χ4v) is 4.01. The van der Waals surface area contributed by atoms with Gasteiger partial charge in [-0.2, -0.15) is 5.10 Å².